The number of hydrogen-bond donors (Lipinski definition) is 0. The zero-order valence-electron chi connectivity index (χ0n) is 11.7. The SMILES string of the molecule is CCCCCc1c(C(=O)[O-])cc([N+](=O)[O-])c(C)c1[N+](=O)[O-]. The number of nitrogens with zero attached hydrogens (tertiary/aromatic N) is 2. The van der Waals surface area contributed by atoms with Crippen molar-refractivity contribution in [3.8, 4) is 0 Å². The average Bonchev–Trinajstić information content (AvgIpc) is 2.37. The number of carbonyl (C=O) groups excluding carboxylic acids is 1. The van der Waals surface area contributed by atoms with Gasteiger partial charge in [0, 0.05) is 17.2 Å². The van der Waals surface area contributed by atoms with E-state index in [1.165, 1.54) is 6.92 Å². The van der Waals surface area contributed by atoms with Gasteiger partial charge in [0.25, 0.3) is 11.4 Å². The van der Waals surface area contributed by atoms with E-state index < -0.39 is 32.8 Å². The number of aromatic carboxylic acids is 1. The second kappa shape index (κ2) is 6.78. The zero-order valence-corrected chi connectivity index (χ0v) is 11.7. The molecular formula is C13H15N2O6-. The summed E-state index contributed by atoms with van der Waals surface area (Å²) in [5.41, 5.74) is -1.70. The lowest BCUT2D eigenvalue weighted by atomic mass is 9.95. The molecule has 0 aliphatic carbocycles. The number of hydrogen-bond acceptors (Lipinski definition) is 6. The van der Waals surface area contributed by atoms with E-state index in [0.717, 1.165) is 18.9 Å². The maximum Gasteiger partial charge on any atom is 0.283 e. The molecule has 0 atom stereocenters. The highest BCUT2D eigenvalue weighted by Crippen LogP contribution is 2.35. The minimum absolute atomic E-state index is 0.00319. The minimum atomic E-state index is -1.65. The van der Waals surface area contributed by atoms with E-state index in [2.05, 4.69) is 0 Å². The first kappa shape index (κ1) is 16.5. The third-order valence-electron chi connectivity index (χ3n) is 3.26. The van der Waals surface area contributed by atoms with Gasteiger partial charge in [0.15, 0.2) is 0 Å². The summed E-state index contributed by atoms with van der Waals surface area (Å²) in [6, 6.07) is 0.846. The molecule has 0 fully saturated rings. The van der Waals surface area contributed by atoms with Crippen LogP contribution in [0.15, 0.2) is 6.07 Å². The van der Waals surface area contributed by atoms with Crippen LogP contribution in [0, 0.1) is 27.2 Å². The quantitative estimate of drug-likeness (QED) is 0.429. The molecule has 0 N–H and O–H groups in total. The minimum Gasteiger partial charge on any atom is -0.545 e. The molecule has 0 spiro atoms. The number of carboxylic acid groups (broad SMARTS) is 1. The summed E-state index contributed by atoms with van der Waals surface area (Å²) in [7, 11) is 0. The molecule has 0 bridgehead atoms. The normalized spacial score (nSPS) is 10.4. The first-order chi connectivity index (χ1) is 9.81. The summed E-state index contributed by atoms with van der Waals surface area (Å²) >= 11 is 0. The van der Waals surface area contributed by atoms with Crippen LogP contribution >= 0.6 is 0 Å². The fraction of sp³-hybridized carbons (Fsp3) is 0.462. The van der Waals surface area contributed by atoms with Crippen molar-refractivity contribution in [1.29, 1.82) is 0 Å². The van der Waals surface area contributed by atoms with Crippen molar-refractivity contribution in [1.82, 2.24) is 0 Å². The van der Waals surface area contributed by atoms with Gasteiger partial charge < -0.3 is 9.90 Å². The van der Waals surface area contributed by atoms with Gasteiger partial charge in [-0.05, 0) is 19.8 Å². The molecule has 0 aromatic heterocycles. The van der Waals surface area contributed by atoms with E-state index in [-0.39, 0.29) is 17.5 Å². The Hall–Kier alpha value is -2.51. The number of unbranched alkanes of at least 4 members (excludes halogenated alkanes) is 2. The van der Waals surface area contributed by atoms with Crippen LogP contribution in [0.2, 0.25) is 0 Å². The molecular weight excluding hydrogens is 280 g/mol. The molecule has 8 heteroatoms. The van der Waals surface area contributed by atoms with Gasteiger partial charge in [-0.2, -0.15) is 0 Å². The Morgan fingerprint density at radius 3 is 2.24 bits per heavy atom. The summed E-state index contributed by atoms with van der Waals surface area (Å²) in [5, 5.41) is 33.3. The number of carboxylic acids is 1. The van der Waals surface area contributed by atoms with Crippen molar-refractivity contribution in [3.63, 3.8) is 0 Å². The van der Waals surface area contributed by atoms with E-state index in [1.807, 2.05) is 6.92 Å². The number of benzene rings is 1. The van der Waals surface area contributed by atoms with Crippen molar-refractivity contribution < 1.29 is 19.7 Å². The molecule has 0 unspecified atom stereocenters. The van der Waals surface area contributed by atoms with E-state index in [0.29, 0.717) is 6.42 Å². The molecule has 8 nitrogen and oxygen atoms in total. The van der Waals surface area contributed by atoms with Crippen LogP contribution in [-0.2, 0) is 6.42 Å². The number of nitro groups is 2. The Kier molecular flexibility index (Phi) is 5.34. The molecule has 0 saturated heterocycles. The molecule has 0 amide bonds. The average molecular weight is 295 g/mol. The lowest BCUT2D eigenvalue weighted by Crippen LogP contribution is -2.25. The Labute approximate surface area is 120 Å². The topological polar surface area (TPSA) is 126 Å². The third-order valence-corrected chi connectivity index (χ3v) is 3.26. The van der Waals surface area contributed by atoms with Gasteiger partial charge >= 0.3 is 0 Å². The van der Waals surface area contributed by atoms with Crippen LogP contribution in [0.1, 0.15) is 47.7 Å². The summed E-state index contributed by atoms with van der Waals surface area (Å²) in [6.45, 7) is 3.19. The van der Waals surface area contributed by atoms with E-state index in [4.69, 9.17) is 0 Å². The van der Waals surface area contributed by atoms with Crippen molar-refractivity contribution in [2.45, 2.75) is 39.5 Å². The Morgan fingerprint density at radius 1 is 1.19 bits per heavy atom. The van der Waals surface area contributed by atoms with Gasteiger partial charge in [0.2, 0.25) is 0 Å². The van der Waals surface area contributed by atoms with Crippen LogP contribution in [0.3, 0.4) is 0 Å². The van der Waals surface area contributed by atoms with E-state index in [1.54, 1.807) is 0 Å². The molecule has 0 aliphatic rings. The summed E-state index contributed by atoms with van der Waals surface area (Å²) in [5.74, 6) is -1.65. The van der Waals surface area contributed by atoms with Gasteiger partial charge in [-0.1, -0.05) is 19.8 Å². The van der Waals surface area contributed by atoms with Crippen LogP contribution < -0.4 is 5.11 Å². The summed E-state index contributed by atoms with van der Waals surface area (Å²) in [6.07, 6.45) is 2.38. The van der Waals surface area contributed by atoms with E-state index >= 15 is 0 Å². The fourth-order valence-electron chi connectivity index (χ4n) is 2.23. The maximum atomic E-state index is 11.2. The highest BCUT2D eigenvalue weighted by atomic mass is 16.6. The van der Waals surface area contributed by atoms with Crippen LogP contribution in [0.25, 0.3) is 0 Å². The Balaban J connectivity index is 3.56. The van der Waals surface area contributed by atoms with E-state index in [9.17, 15) is 30.1 Å². The molecule has 0 radical (unpaired) electrons. The van der Waals surface area contributed by atoms with Crippen molar-refractivity contribution in [3.05, 3.63) is 43.0 Å². The molecule has 114 valence electrons. The van der Waals surface area contributed by atoms with Crippen LogP contribution in [-0.4, -0.2) is 15.8 Å². The third kappa shape index (κ3) is 3.53. The van der Waals surface area contributed by atoms with Crippen LogP contribution in [0.5, 0.6) is 0 Å². The summed E-state index contributed by atoms with van der Waals surface area (Å²) < 4.78 is 0. The molecule has 0 aliphatic heterocycles. The first-order valence-corrected chi connectivity index (χ1v) is 6.47. The maximum absolute atomic E-state index is 11.2. The highest BCUT2D eigenvalue weighted by molar-refractivity contribution is 5.91. The number of rotatable bonds is 7. The molecule has 1 rings (SSSR count). The fourth-order valence-corrected chi connectivity index (χ4v) is 2.23. The highest BCUT2D eigenvalue weighted by Gasteiger charge is 2.29. The van der Waals surface area contributed by atoms with Crippen LogP contribution in [0.4, 0.5) is 11.4 Å². The van der Waals surface area contributed by atoms with Gasteiger partial charge in [-0.15, -0.1) is 0 Å². The molecule has 21 heavy (non-hydrogen) atoms. The molecule has 0 saturated carbocycles. The second-order valence-electron chi connectivity index (χ2n) is 4.65. The molecule has 1 aromatic carbocycles. The molecule has 0 heterocycles. The van der Waals surface area contributed by atoms with Gasteiger partial charge in [-0.3, -0.25) is 20.2 Å². The monoisotopic (exact) mass is 295 g/mol. The second-order valence-corrected chi connectivity index (χ2v) is 4.65. The lowest BCUT2D eigenvalue weighted by molar-refractivity contribution is -0.395. The lowest BCUT2D eigenvalue weighted by Gasteiger charge is -2.13. The largest absolute Gasteiger partial charge is 0.545 e. The van der Waals surface area contributed by atoms with Gasteiger partial charge in [0.05, 0.1) is 15.8 Å². The number of carbonyl (C=O) groups is 1. The zero-order chi connectivity index (χ0) is 16.2. The smallest absolute Gasteiger partial charge is 0.283 e. The first-order valence-electron chi connectivity index (χ1n) is 6.47. The van der Waals surface area contributed by atoms with Gasteiger partial charge in [0.1, 0.15) is 5.56 Å². The molecule has 1 aromatic rings. The van der Waals surface area contributed by atoms with Crippen molar-refractivity contribution >= 4 is 17.3 Å². The van der Waals surface area contributed by atoms with Crippen molar-refractivity contribution in [2.24, 2.45) is 0 Å². The summed E-state index contributed by atoms with van der Waals surface area (Å²) in [4.78, 5) is 31.7. The number of nitro benzene ring substituents is 2. The van der Waals surface area contributed by atoms with Gasteiger partial charge in [-0.25, -0.2) is 0 Å². The predicted octanol–water partition coefficient (Wildman–Crippen LogP) is 1.91. The predicted molar refractivity (Wildman–Crippen MR) is 72.0 cm³/mol. The Morgan fingerprint density at radius 2 is 1.81 bits per heavy atom. The van der Waals surface area contributed by atoms with Crippen molar-refractivity contribution in [2.75, 3.05) is 0 Å². The standard InChI is InChI=1S/C13H16N2O6/c1-3-4-5-6-9-10(13(16)17)7-11(14(18)19)8(2)12(9)15(20)21/h7H,3-6H2,1-2H3,(H,16,17)/p-1. The Bertz CT molecular complexity index is 597.